The van der Waals surface area contributed by atoms with Crippen LogP contribution in [0.2, 0.25) is 0 Å². The van der Waals surface area contributed by atoms with Crippen molar-refractivity contribution >= 4 is 27.5 Å². The lowest BCUT2D eigenvalue weighted by Crippen LogP contribution is -2.24. The Bertz CT molecular complexity index is 826. The summed E-state index contributed by atoms with van der Waals surface area (Å²) in [5.74, 6) is -0.275. The molecule has 0 amide bonds. The zero-order chi connectivity index (χ0) is 15.0. The first-order chi connectivity index (χ1) is 9.96. The quantitative estimate of drug-likeness (QED) is 0.465. The van der Waals surface area contributed by atoms with E-state index in [-0.39, 0.29) is 5.97 Å². The molecular formula is C19H18O2. The van der Waals surface area contributed by atoms with Gasteiger partial charge in [-0.1, -0.05) is 48.5 Å². The van der Waals surface area contributed by atoms with Crippen molar-refractivity contribution in [1.29, 1.82) is 0 Å². The van der Waals surface area contributed by atoms with Gasteiger partial charge >= 0.3 is 5.97 Å². The minimum atomic E-state index is -0.490. The lowest BCUT2D eigenvalue weighted by molar-refractivity contribution is 0.00719. The van der Waals surface area contributed by atoms with Crippen molar-refractivity contribution in [3.05, 3.63) is 60.2 Å². The molecule has 0 bridgehead atoms. The van der Waals surface area contributed by atoms with E-state index in [4.69, 9.17) is 4.74 Å². The minimum Gasteiger partial charge on any atom is -0.456 e. The number of fused-ring (bicyclic) bond motifs is 3. The van der Waals surface area contributed by atoms with E-state index in [2.05, 4.69) is 12.1 Å². The molecule has 0 fully saturated rings. The maximum absolute atomic E-state index is 12.4. The summed E-state index contributed by atoms with van der Waals surface area (Å²) in [6, 6.07) is 18.0. The molecule has 3 aromatic rings. The summed E-state index contributed by atoms with van der Waals surface area (Å²) in [6.45, 7) is 5.64. The highest BCUT2D eigenvalue weighted by atomic mass is 16.6. The Morgan fingerprint density at radius 1 is 0.810 bits per heavy atom. The van der Waals surface area contributed by atoms with Crippen molar-refractivity contribution in [3.63, 3.8) is 0 Å². The van der Waals surface area contributed by atoms with E-state index >= 15 is 0 Å². The molecule has 0 unspecified atom stereocenters. The Morgan fingerprint density at radius 2 is 1.52 bits per heavy atom. The standard InChI is InChI=1S/C19H18O2/c1-19(2,3)21-18(20)17-10-6-9-15-14-8-5-4-7-13(14)11-12-16(15)17/h4-12H,1-3H3. The minimum absolute atomic E-state index is 0.275. The maximum atomic E-state index is 12.4. The van der Waals surface area contributed by atoms with Crippen molar-refractivity contribution in [2.75, 3.05) is 0 Å². The van der Waals surface area contributed by atoms with Crippen LogP contribution < -0.4 is 0 Å². The second-order valence-electron chi connectivity index (χ2n) is 6.19. The zero-order valence-corrected chi connectivity index (χ0v) is 12.5. The van der Waals surface area contributed by atoms with Crippen LogP contribution in [0.4, 0.5) is 0 Å². The summed E-state index contributed by atoms with van der Waals surface area (Å²) < 4.78 is 5.50. The predicted octanol–water partition coefficient (Wildman–Crippen LogP) is 4.95. The Kier molecular flexibility index (Phi) is 3.17. The molecule has 2 nitrogen and oxygen atoms in total. The van der Waals surface area contributed by atoms with Gasteiger partial charge in [0.05, 0.1) is 5.56 Å². The van der Waals surface area contributed by atoms with Gasteiger partial charge in [-0.05, 0) is 48.4 Å². The van der Waals surface area contributed by atoms with E-state index < -0.39 is 5.60 Å². The first-order valence-corrected chi connectivity index (χ1v) is 7.09. The number of carbonyl (C=O) groups is 1. The maximum Gasteiger partial charge on any atom is 0.339 e. The highest BCUT2D eigenvalue weighted by molar-refractivity contribution is 6.14. The van der Waals surface area contributed by atoms with Gasteiger partial charge in [-0.25, -0.2) is 4.79 Å². The molecule has 0 aliphatic carbocycles. The fourth-order valence-electron chi connectivity index (χ4n) is 2.55. The van der Waals surface area contributed by atoms with Crippen LogP contribution in [-0.2, 0) is 4.74 Å². The molecule has 0 atom stereocenters. The Hall–Kier alpha value is -2.35. The lowest BCUT2D eigenvalue weighted by atomic mass is 9.98. The highest BCUT2D eigenvalue weighted by Crippen LogP contribution is 2.28. The van der Waals surface area contributed by atoms with Gasteiger partial charge in [0, 0.05) is 0 Å². The van der Waals surface area contributed by atoms with Crippen LogP contribution in [0.3, 0.4) is 0 Å². The Morgan fingerprint density at radius 3 is 2.29 bits per heavy atom. The van der Waals surface area contributed by atoms with E-state index in [9.17, 15) is 4.79 Å². The molecule has 0 radical (unpaired) electrons. The smallest absolute Gasteiger partial charge is 0.339 e. The normalized spacial score (nSPS) is 11.8. The molecule has 2 heteroatoms. The summed E-state index contributed by atoms with van der Waals surface area (Å²) in [5.41, 5.74) is 0.129. The summed E-state index contributed by atoms with van der Waals surface area (Å²) in [5, 5.41) is 4.34. The van der Waals surface area contributed by atoms with Crippen molar-refractivity contribution in [2.24, 2.45) is 0 Å². The molecule has 0 heterocycles. The number of hydrogen-bond acceptors (Lipinski definition) is 2. The molecule has 106 valence electrons. The number of rotatable bonds is 1. The fraction of sp³-hybridized carbons (Fsp3) is 0.211. The third-order valence-electron chi connectivity index (χ3n) is 3.41. The summed E-state index contributed by atoms with van der Waals surface area (Å²) in [7, 11) is 0. The van der Waals surface area contributed by atoms with Crippen LogP contribution in [0.5, 0.6) is 0 Å². The lowest BCUT2D eigenvalue weighted by Gasteiger charge is -2.20. The van der Waals surface area contributed by atoms with E-state index in [1.165, 1.54) is 5.39 Å². The Balaban J connectivity index is 2.21. The summed E-state index contributed by atoms with van der Waals surface area (Å²) in [4.78, 5) is 12.4. The van der Waals surface area contributed by atoms with Gasteiger partial charge in [-0.2, -0.15) is 0 Å². The van der Waals surface area contributed by atoms with E-state index in [1.54, 1.807) is 0 Å². The molecule has 0 aromatic heterocycles. The van der Waals surface area contributed by atoms with Crippen molar-refractivity contribution < 1.29 is 9.53 Å². The molecule has 0 aliphatic heterocycles. The van der Waals surface area contributed by atoms with Gasteiger partial charge < -0.3 is 4.74 Å². The molecule has 0 aliphatic rings. The van der Waals surface area contributed by atoms with Gasteiger partial charge in [0.2, 0.25) is 0 Å². The van der Waals surface area contributed by atoms with Crippen molar-refractivity contribution in [2.45, 2.75) is 26.4 Å². The second-order valence-corrected chi connectivity index (χ2v) is 6.19. The highest BCUT2D eigenvalue weighted by Gasteiger charge is 2.19. The topological polar surface area (TPSA) is 26.3 Å². The van der Waals surface area contributed by atoms with Crippen LogP contribution in [-0.4, -0.2) is 11.6 Å². The van der Waals surface area contributed by atoms with Crippen LogP contribution in [0.15, 0.2) is 54.6 Å². The van der Waals surface area contributed by atoms with Crippen molar-refractivity contribution in [1.82, 2.24) is 0 Å². The van der Waals surface area contributed by atoms with E-state index in [1.807, 2.05) is 63.2 Å². The van der Waals surface area contributed by atoms with E-state index in [0.717, 1.165) is 16.2 Å². The SMILES string of the molecule is CC(C)(C)OC(=O)c1cccc2c1ccc1ccccc12. The predicted molar refractivity (Wildman–Crippen MR) is 86.6 cm³/mol. The van der Waals surface area contributed by atoms with Gasteiger partial charge in [0.1, 0.15) is 5.60 Å². The number of ether oxygens (including phenoxy) is 1. The molecule has 0 N–H and O–H groups in total. The monoisotopic (exact) mass is 278 g/mol. The number of hydrogen-bond donors (Lipinski definition) is 0. The van der Waals surface area contributed by atoms with Crippen molar-refractivity contribution in [3.8, 4) is 0 Å². The molecular weight excluding hydrogens is 260 g/mol. The van der Waals surface area contributed by atoms with Crippen LogP contribution >= 0.6 is 0 Å². The largest absolute Gasteiger partial charge is 0.456 e. The van der Waals surface area contributed by atoms with Crippen LogP contribution in [0.25, 0.3) is 21.5 Å². The Labute approximate surface area is 124 Å². The molecule has 3 rings (SSSR count). The first-order valence-electron chi connectivity index (χ1n) is 7.09. The van der Waals surface area contributed by atoms with Gasteiger partial charge in [0.15, 0.2) is 0 Å². The average molecular weight is 278 g/mol. The van der Waals surface area contributed by atoms with Crippen LogP contribution in [0, 0.1) is 0 Å². The number of esters is 1. The molecule has 0 spiro atoms. The average Bonchev–Trinajstić information content (AvgIpc) is 2.44. The fourth-order valence-corrected chi connectivity index (χ4v) is 2.55. The van der Waals surface area contributed by atoms with Crippen LogP contribution in [0.1, 0.15) is 31.1 Å². The number of benzene rings is 3. The van der Waals surface area contributed by atoms with Gasteiger partial charge in [-0.3, -0.25) is 0 Å². The first kappa shape index (κ1) is 13.6. The van der Waals surface area contributed by atoms with Gasteiger partial charge in [0.25, 0.3) is 0 Å². The third kappa shape index (κ3) is 2.62. The van der Waals surface area contributed by atoms with Gasteiger partial charge in [-0.15, -0.1) is 0 Å². The summed E-state index contributed by atoms with van der Waals surface area (Å²) >= 11 is 0. The third-order valence-corrected chi connectivity index (χ3v) is 3.41. The second kappa shape index (κ2) is 4.88. The zero-order valence-electron chi connectivity index (χ0n) is 12.5. The summed E-state index contributed by atoms with van der Waals surface area (Å²) in [6.07, 6.45) is 0. The van der Waals surface area contributed by atoms with E-state index in [0.29, 0.717) is 5.56 Å². The molecule has 0 saturated carbocycles. The number of carbonyl (C=O) groups excluding carboxylic acids is 1. The molecule has 21 heavy (non-hydrogen) atoms. The molecule has 3 aromatic carbocycles. The molecule has 0 saturated heterocycles.